The van der Waals surface area contributed by atoms with Crippen molar-refractivity contribution in [1.29, 1.82) is 0 Å². The van der Waals surface area contributed by atoms with Gasteiger partial charge in [0, 0.05) is 5.39 Å². The van der Waals surface area contributed by atoms with Gasteiger partial charge in [0.2, 0.25) is 0 Å². The molecule has 1 N–H and O–H groups in total. The van der Waals surface area contributed by atoms with E-state index in [1.54, 1.807) is 0 Å². The molecule has 0 aliphatic carbocycles. The van der Waals surface area contributed by atoms with Gasteiger partial charge < -0.3 is 0 Å². The average molecular weight is 188 g/mol. The van der Waals surface area contributed by atoms with E-state index in [2.05, 4.69) is 42.2 Å². The molecule has 0 saturated heterocycles. The lowest BCUT2D eigenvalue weighted by Crippen LogP contribution is -1.94. The normalized spacial score (nSPS) is 11.4. The quantitative estimate of drug-likeness (QED) is 0.785. The van der Waals surface area contributed by atoms with Gasteiger partial charge in [-0.1, -0.05) is 26.0 Å². The third kappa shape index (κ3) is 1.52. The standard InChI is InChI=1S/C12H16N2/c1-3-9(4-2)10-5-6-11-8-13-14-12(11)7-10/h5-9H,3-4H2,1-2H3,(H,13,14). The Balaban J connectivity index is 2.42. The van der Waals surface area contributed by atoms with Crippen LogP contribution in [0.25, 0.3) is 10.9 Å². The molecule has 0 aliphatic rings. The monoisotopic (exact) mass is 188 g/mol. The Morgan fingerprint density at radius 1 is 1.29 bits per heavy atom. The maximum atomic E-state index is 4.03. The number of benzene rings is 1. The molecule has 0 unspecified atom stereocenters. The summed E-state index contributed by atoms with van der Waals surface area (Å²) in [4.78, 5) is 0. The molecule has 74 valence electrons. The van der Waals surface area contributed by atoms with E-state index in [1.807, 2.05) is 6.20 Å². The largest absolute Gasteiger partial charge is 0.278 e. The number of aromatic nitrogens is 2. The van der Waals surface area contributed by atoms with Gasteiger partial charge in [-0.05, 0) is 30.4 Å². The topological polar surface area (TPSA) is 28.7 Å². The molecular formula is C12H16N2. The third-order valence-corrected chi connectivity index (χ3v) is 2.92. The molecule has 0 fully saturated rings. The summed E-state index contributed by atoms with van der Waals surface area (Å²) in [5, 5.41) is 8.24. The fraction of sp³-hybridized carbons (Fsp3) is 0.417. The molecule has 0 spiro atoms. The minimum absolute atomic E-state index is 0.683. The zero-order valence-electron chi connectivity index (χ0n) is 8.75. The predicted octanol–water partition coefficient (Wildman–Crippen LogP) is 3.47. The van der Waals surface area contributed by atoms with Crippen LogP contribution in [0.2, 0.25) is 0 Å². The first-order valence-electron chi connectivity index (χ1n) is 5.28. The summed E-state index contributed by atoms with van der Waals surface area (Å²) >= 11 is 0. The lowest BCUT2D eigenvalue weighted by Gasteiger charge is -2.12. The van der Waals surface area contributed by atoms with Crippen LogP contribution in [0.5, 0.6) is 0 Å². The van der Waals surface area contributed by atoms with Gasteiger partial charge in [0.1, 0.15) is 0 Å². The van der Waals surface area contributed by atoms with Crippen molar-refractivity contribution >= 4 is 10.9 Å². The molecule has 2 aromatic rings. The van der Waals surface area contributed by atoms with Crippen molar-refractivity contribution in [3.8, 4) is 0 Å². The Morgan fingerprint density at radius 3 is 2.79 bits per heavy atom. The Morgan fingerprint density at radius 2 is 2.07 bits per heavy atom. The van der Waals surface area contributed by atoms with Crippen LogP contribution >= 0.6 is 0 Å². The minimum Gasteiger partial charge on any atom is -0.278 e. The van der Waals surface area contributed by atoms with Gasteiger partial charge in [0.25, 0.3) is 0 Å². The van der Waals surface area contributed by atoms with Gasteiger partial charge in [-0.25, -0.2) is 0 Å². The molecule has 14 heavy (non-hydrogen) atoms. The smallest absolute Gasteiger partial charge is 0.0653 e. The average Bonchev–Trinajstić information content (AvgIpc) is 2.66. The van der Waals surface area contributed by atoms with Crippen molar-refractivity contribution < 1.29 is 0 Å². The summed E-state index contributed by atoms with van der Waals surface area (Å²) < 4.78 is 0. The summed E-state index contributed by atoms with van der Waals surface area (Å²) in [5.41, 5.74) is 2.57. The van der Waals surface area contributed by atoms with Gasteiger partial charge in [0.05, 0.1) is 11.7 Å². The molecule has 2 nitrogen and oxygen atoms in total. The van der Waals surface area contributed by atoms with Crippen LogP contribution in [-0.2, 0) is 0 Å². The lowest BCUT2D eigenvalue weighted by atomic mass is 9.93. The van der Waals surface area contributed by atoms with E-state index in [1.165, 1.54) is 23.8 Å². The summed E-state index contributed by atoms with van der Waals surface area (Å²) in [6, 6.07) is 6.59. The number of nitrogens with zero attached hydrogens (tertiary/aromatic N) is 1. The van der Waals surface area contributed by atoms with Crippen molar-refractivity contribution in [3.63, 3.8) is 0 Å². The van der Waals surface area contributed by atoms with Gasteiger partial charge >= 0.3 is 0 Å². The second kappa shape index (κ2) is 3.82. The first-order valence-corrected chi connectivity index (χ1v) is 5.28. The number of nitrogens with one attached hydrogen (secondary N) is 1. The summed E-state index contributed by atoms with van der Waals surface area (Å²) in [6.45, 7) is 4.48. The highest BCUT2D eigenvalue weighted by Crippen LogP contribution is 2.25. The Kier molecular flexibility index (Phi) is 2.53. The van der Waals surface area contributed by atoms with E-state index in [9.17, 15) is 0 Å². The number of H-pyrrole nitrogens is 1. The van der Waals surface area contributed by atoms with E-state index in [0.29, 0.717) is 5.92 Å². The first kappa shape index (κ1) is 9.25. The maximum absolute atomic E-state index is 4.03. The third-order valence-electron chi connectivity index (χ3n) is 2.92. The maximum Gasteiger partial charge on any atom is 0.0653 e. The van der Waals surface area contributed by atoms with E-state index in [0.717, 1.165) is 5.52 Å². The van der Waals surface area contributed by atoms with Gasteiger partial charge in [-0.15, -0.1) is 0 Å². The SMILES string of the molecule is CCC(CC)c1ccc2cn[nH]c2c1. The number of fused-ring (bicyclic) bond motifs is 1. The molecule has 1 heterocycles. The van der Waals surface area contributed by atoms with Crippen LogP contribution in [0.15, 0.2) is 24.4 Å². The van der Waals surface area contributed by atoms with Crippen molar-refractivity contribution in [2.75, 3.05) is 0 Å². The first-order chi connectivity index (χ1) is 6.85. The number of aromatic amines is 1. The van der Waals surface area contributed by atoms with Crippen LogP contribution in [0.4, 0.5) is 0 Å². The van der Waals surface area contributed by atoms with Gasteiger partial charge in [-0.3, -0.25) is 5.10 Å². The summed E-state index contributed by atoms with van der Waals surface area (Å²) in [6.07, 6.45) is 4.28. The number of hydrogen-bond donors (Lipinski definition) is 1. The molecule has 2 rings (SSSR count). The Labute approximate surface area is 84.3 Å². The second-order valence-corrected chi connectivity index (χ2v) is 3.73. The lowest BCUT2D eigenvalue weighted by molar-refractivity contribution is 0.642. The minimum atomic E-state index is 0.683. The molecule has 0 atom stereocenters. The van der Waals surface area contributed by atoms with Crippen LogP contribution in [0.1, 0.15) is 38.2 Å². The van der Waals surface area contributed by atoms with E-state index < -0.39 is 0 Å². The van der Waals surface area contributed by atoms with Crippen LogP contribution in [-0.4, -0.2) is 10.2 Å². The molecule has 1 aromatic heterocycles. The van der Waals surface area contributed by atoms with E-state index in [-0.39, 0.29) is 0 Å². The fourth-order valence-corrected chi connectivity index (χ4v) is 1.97. The zero-order chi connectivity index (χ0) is 9.97. The molecule has 0 saturated carbocycles. The summed E-state index contributed by atoms with van der Waals surface area (Å²) in [7, 11) is 0. The van der Waals surface area contributed by atoms with Crippen LogP contribution in [0.3, 0.4) is 0 Å². The summed E-state index contributed by atoms with van der Waals surface area (Å²) in [5.74, 6) is 0.683. The van der Waals surface area contributed by atoms with Gasteiger partial charge in [0.15, 0.2) is 0 Å². The highest BCUT2D eigenvalue weighted by Gasteiger charge is 2.07. The van der Waals surface area contributed by atoms with E-state index in [4.69, 9.17) is 0 Å². The second-order valence-electron chi connectivity index (χ2n) is 3.73. The van der Waals surface area contributed by atoms with Crippen molar-refractivity contribution in [3.05, 3.63) is 30.0 Å². The molecule has 0 bridgehead atoms. The van der Waals surface area contributed by atoms with Crippen LogP contribution < -0.4 is 0 Å². The van der Waals surface area contributed by atoms with Gasteiger partial charge in [-0.2, -0.15) is 5.10 Å². The van der Waals surface area contributed by atoms with E-state index >= 15 is 0 Å². The van der Waals surface area contributed by atoms with Crippen LogP contribution in [0, 0.1) is 0 Å². The van der Waals surface area contributed by atoms with Crippen molar-refractivity contribution in [1.82, 2.24) is 10.2 Å². The molecule has 2 heteroatoms. The molecule has 0 aliphatic heterocycles. The Bertz CT molecular complexity index is 413. The molecular weight excluding hydrogens is 172 g/mol. The fourth-order valence-electron chi connectivity index (χ4n) is 1.97. The predicted molar refractivity (Wildman–Crippen MR) is 59.4 cm³/mol. The molecule has 1 aromatic carbocycles. The highest BCUT2D eigenvalue weighted by atomic mass is 15.1. The number of hydrogen-bond acceptors (Lipinski definition) is 1. The molecule has 0 amide bonds. The van der Waals surface area contributed by atoms with Crippen molar-refractivity contribution in [2.24, 2.45) is 0 Å². The Hall–Kier alpha value is -1.31. The van der Waals surface area contributed by atoms with Crippen molar-refractivity contribution in [2.45, 2.75) is 32.6 Å². The zero-order valence-corrected chi connectivity index (χ0v) is 8.75. The highest BCUT2D eigenvalue weighted by molar-refractivity contribution is 5.78. The molecule has 0 radical (unpaired) electrons. The number of rotatable bonds is 3.